The second-order valence-electron chi connectivity index (χ2n) is 23.1. The number of unbranched alkanes of at least 4 members (excludes halogenated alkanes) is 12. The number of benzene rings is 1. The van der Waals surface area contributed by atoms with Crippen LogP contribution in [0.5, 0.6) is 0 Å². The zero-order valence-electron chi connectivity index (χ0n) is 52.5. The standard InChI is InChI=1S/C72H80N2O2S14/c1-7-13-17-21-25-45-29-31-49(81-45)43-79-69(80-44-50-32-30-46(82-50)26-22-18-14-8-2)63-53-41-56-54(42-55(53)65-57(63)37-51(85-65)39-59-67(75)73(11-5)71(77)87-59)64(58-38-52(86-66(56)58)40-60-68(76)74(12-6)72(78)88-60)70(89-61-35-33-47(83-61)27-23-19-15-9-3)90-62-36-34-48(84-62)28-24-20-16-10-4/h29-42H,7-28,43-44H2,1-6H3/b59-39+,60-40+. The van der Waals surface area contributed by atoms with Crippen LogP contribution in [0.2, 0.25) is 0 Å². The van der Waals surface area contributed by atoms with Gasteiger partial charge >= 0.3 is 0 Å². The lowest BCUT2D eigenvalue weighted by Gasteiger charge is -2.15. The third-order valence-electron chi connectivity index (χ3n) is 16.5. The van der Waals surface area contributed by atoms with Gasteiger partial charge in [-0.15, -0.1) is 91.5 Å². The highest BCUT2D eigenvalue weighted by Crippen LogP contribution is 2.62. The van der Waals surface area contributed by atoms with Gasteiger partial charge in [-0.2, -0.15) is 0 Å². The van der Waals surface area contributed by atoms with Crippen LogP contribution < -0.4 is 0 Å². The predicted octanol–water partition coefficient (Wildman–Crippen LogP) is 25.8. The Bertz CT molecular complexity index is 3740. The average molecular weight is 1450 g/mol. The lowest BCUT2D eigenvalue weighted by Crippen LogP contribution is -2.27. The maximum atomic E-state index is 13.9. The van der Waals surface area contributed by atoms with Gasteiger partial charge in [-0.3, -0.25) is 19.4 Å². The summed E-state index contributed by atoms with van der Waals surface area (Å²) in [5.74, 6) is 1.77. The smallest absolute Gasteiger partial charge is 0.266 e. The van der Waals surface area contributed by atoms with Crippen molar-refractivity contribution in [3.05, 3.63) is 152 Å². The molecular weight excluding hydrogens is 1370 g/mol. The number of amides is 2. The molecule has 11 rings (SSSR count). The first-order chi connectivity index (χ1) is 44.0. The molecule has 18 heteroatoms. The number of aryl methyl sites for hydroxylation is 4. The molecule has 2 saturated heterocycles. The van der Waals surface area contributed by atoms with E-state index in [9.17, 15) is 9.59 Å². The van der Waals surface area contributed by atoms with Crippen molar-refractivity contribution in [2.45, 2.75) is 190 Å². The largest absolute Gasteiger partial charge is 0.293 e. The number of thiocarbonyl (C=S) groups is 2. The molecule has 0 atom stereocenters. The summed E-state index contributed by atoms with van der Waals surface area (Å²) in [5, 5.41) is 0. The molecule has 1 aromatic carbocycles. The molecule has 2 amide bonds. The fourth-order valence-corrected chi connectivity index (χ4v) is 26.9. The number of fused-ring (bicyclic) bond motifs is 6. The molecule has 0 radical (unpaired) electrons. The number of rotatable bonds is 34. The number of carbonyl (C=O) groups excluding carboxylic acids is 2. The van der Waals surface area contributed by atoms with Crippen molar-refractivity contribution in [3.8, 4) is 20.9 Å². The van der Waals surface area contributed by atoms with Gasteiger partial charge in [0.1, 0.15) is 8.64 Å². The van der Waals surface area contributed by atoms with E-state index in [2.05, 4.69) is 113 Å². The van der Waals surface area contributed by atoms with Crippen LogP contribution in [0.3, 0.4) is 0 Å². The van der Waals surface area contributed by atoms with Crippen LogP contribution in [0.15, 0.2) is 99.5 Å². The number of thioether (sulfide) groups is 6. The van der Waals surface area contributed by atoms with Crippen molar-refractivity contribution in [1.82, 2.24) is 9.80 Å². The molecule has 2 aliphatic heterocycles. The van der Waals surface area contributed by atoms with Crippen molar-refractivity contribution in [2.24, 2.45) is 0 Å². The third kappa shape index (κ3) is 16.7. The van der Waals surface area contributed by atoms with E-state index in [1.165, 1.54) is 227 Å². The summed E-state index contributed by atoms with van der Waals surface area (Å²) in [6, 6.07) is 28.8. The maximum Gasteiger partial charge on any atom is 0.266 e. The highest BCUT2D eigenvalue weighted by Gasteiger charge is 2.38. The van der Waals surface area contributed by atoms with Crippen LogP contribution in [-0.4, -0.2) is 43.3 Å². The molecule has 0 spiro atoms. The van der Waals surface area contributed by atoms with E-state index in [4.69, 9.17) is 24.4 Å². The van der Waals surface area contributed by atoms with Gasteiger partial charge in [0, 0.05) is 111 Å². The minimum Gasteiger partial charge on any atom is -0.293 e. The first kappa shape index (κ1) is 69.0. The Balaban J connectivity index is 1.08. The van der Waals surface area contributed by atoms with E-state index >= 15 is 0 Å². The molecule has 90 heavy (non-hydrogen) atoms. The van der Waals surface area contributed by atoms with Crippen molar-refractivity contribution in [2.75, 3.05) is 13.1 Å². The average Bonchev–Trinajstić information content (AvgIpc) is 1.56. The van der Waals surface area contributed by atoms with Gasteiger partial charge in [-0.05, 0) is 161 Å². The van der Waals surface area contributed by atoms with Crippen molar-refractivity contribution >= 4 is 207 Å². The Morgan fingerprint density at radius 2 is 0.778 bits per heavy atom. The topological polar surface area (TPSA) is 40.6 Å². The van der Waals surface area contributed by atoms with Crippen LogP contribution in [-0.2, 0) is 46.8 Å². The van der Waals surface area contributed by atoms with E-state index in [1.54, 1.807) is 32.5 Å². The van der Waals surface area contributed by atoms with Crippen LogP contribution >= 0.6 is 163 Å². The Labute approximate surface area is 595 Å². The van der Waals surface area contributed by atoms with Crippen LogP contribution in [0, 0.1) is 0 Å². The molecule has 8 heterocycles. The minimum atomic E-state index is -0.00974. The summed E-state index contributed by atoms with van der Waals surface area (Å²) < 4.78 is 6.49. The predicted molar refractivity (Wildman–Crippen MR) is 419 cm³/mol. The summed E-state index contributed by atoms with van der Waals surface area (Å²) in [6.07, 6.45) is 28.8. The molecule has 7 aromatic rings. The molecule has 0 unspecified atom stereocenters. The zero-order valence-corrected chi connectivity index (χ0v) is 63.9. The van der Waals surface area contributed by atoms with Crippen LogP contribution in [0.25, 0.3) is 44.2 Å². The fourth-order valence-electron chi connectivity index (χ4n) is 11.7. The van der Waals surface area contributed by atoms with E-state index in [1.807, 2.05) is 106 Å². The molecule has 0 saturated carbocycles. The first-order valence-corrected chi connectivity index (χ1v) is 43.3. The number of thiophene rings is 6. The van der Waals surface area contributed by atoms with Gasteiger partial charge in [0.25, 0.3) is 11.8 Å². The lowest BCUT2D eigenvalue weighted by molar-refractivity contribution is -0.122. The molecular formula is C72H80N2O2S14. The number of hydrogen-bond acceptors (Lipinski definition) is 16. The van der Waals surface area contributed by atoms with Crippen molar-refractivity contribution in [1.29, 1.82) is 0 Å². The molecule has 4 aliphatic rings. The lowest BCUT2D eigenvalue weighted by atomic mass is 9.98. The second-order valence-corrected chi connectivity index (χ2v) is 38.6. The highest BCUT2D eigenvalue weighted by atomic mass is 32.2. The monoisotopic (exact) mass is 1450 g/mol. The maximum absolute atomic E-state index is 13.9. The Morgan fingerprint density at radius 3 is 1.16 bits per heavy atom. The van der Waals surface area contributed by atoms with E-state index in [0.717, 1.165) is 46.9 Å². The quantitative estimate of drug-likeness (QED) is 0.0169. The summed E-state index contributed by atoms with van der Waals surface area (Å²) in [6.45, 7) is 14.3. The van der Waals surface area contributed by atoms with Crippen LogP contribution in [0.4, 0.5) is 0 Å². The summed E-state index contributed by atoms with van der Waals surface area (Å²) in [4.78, 5) is 46.0. The van der Waals surface area contributed by atoms with Gasteiger partial charge in [-0.1, -0.05) is 176 Å². The van der Waals surface area contributed by atoms with Gasteiger partial charge in [0.15, 0.2) is 0 Å². The number of hydrogen-bond donors (Lipinski definition) is 0. The number of nitrogens with zero attached hydrogens (tertiary/aromatic N) is 2. The Morgan fingerprint density at radius 1 is 0.411 bits per heavy atom. The second kappa shape index (κ2) is 33.5. The van der Waals surface area contributed by atoms with Crippen molar-refractivity contribution in [3.63, 3.8) is 0 Å². The Hall–Kier alpha value is -2.40. The SMILES string of the molecule is CCCCCCc1ccc(CSC(SCc2ccc(CCCCCC)s2)=C2c3cc4c(cc3-c3sc(/C=C5/SC(=S)N(CC)C5=O)cc32)C(=C(Sc2ccc(CCCCCC)s2)Sc2ccc(CCCCCC)s2)c2cc(/C=C3/SC(=S)N(CC)C3=O)sc2-4)s1. The molecule has 2 fully saturated rings. The number of likely N-dealkylation sites (N-methyl/N-ethyl adjacent to an activating group) is 2. The van der Waals surface area contributed by atoms with Gasteiger partial charge in [0.05, 0.1) is 22.5 Å². The first-order valence-electron chi connectivity index (χ1n) is 32.4. The van der Waals surface area contributed by atoms with Gasteiger partial charge < -0.3 is 0 Å². The van der Waals surface area contributed by atoms with E-state index in [-0.39, 0.29) is 11.8 Å². The summed E-state index contributed by atoms with van der Waals surface area (Å²) in [5.41, 5.74) is 10.0. The van der Waals surface area contributed by atoms with Crippen LogP contribution in [0.1, 0.15) is 206 Å². The summed E-state index contributed by atoms with van der Waals surface area (Å²) >= 11 is 33.8. The minimum absolute atomic E-state index is 0.00771. The van der Waals surface area contributed by atoms with Crippen molar-refractivity contribution < 1.29 is 9.59 Å². The highest BCUT2D eigenvalue weighted by molar-refractivity contribution is 8.27. The third-order valence-corrected chi connectivity index (χ3v) is 31.5. The molecule has 474 valence electrons. The molecule has 0 N–H and O–H groups in total. The Kier molecular flexibility index (Phi) is 25.7. The van der Waals surface area contributed by atoms with Gasteiger partial charge in [-0.25, -0.2) is 0 Å². The molecule has 6 aromatic heterocycles. The summed E-state index contributed by atoms with van der Waals surface area (Å²) in [7, 11) is 0. The zero-order chi connectivity index (χ0) is 62.7. The normalized spacial score (nSPS) is 15.3. The molecule has 0 bridgehead atoms. The number of carbonyl (C=O) groups is 2. The molecule has 2 aliphatic carbocycles. The van der Waals surface area contributed by atoms with Gasteiger partial charge in [0.2, 0.25) is 0 Å². The van der Waals surface area contributed by atoms with E-state index < -0.39 is 0 Å². The van der Waals surface area contributed by atoms with E-state index in [0.29, 0.717) is 31.5 Å². The fraction of sp³-hybridized carbons (Fsp3) is 0.417. The molecule has 4 nitrogen and oxygen atoms in total.